The van der Waals surface area contributed by atoms with E-state index in [2.05, 4.69) is 0 Å². The maximum absolute atomic E-state index is 10.8. The van der Waals surface area contributed by atoms with E-state index in [4.69, 9.17) is 16.3 Å². The minimum atomic E-state index is 0.537. The second kappa shape index (κ2) is 3.62. The van der Waals surface area contributed by atoms with Gasteiger partial charge in [0.05, 0.1) is 12.1 Å². The first-order valence-electron chi connectivity index (χ1n) is 4.61. The van der Waals surface area contributed by atoms with Crippen LogP contribution in [0.2, 0.25) is 5.02 Å². The summed E-state index contributed by atoms with van der Waals surface area (Å²) < 4.78 is 5.24. The van der Waals surface area contributed by atoms with Gasteiger partial charge in [-0.05, 0) is 36.5 Å². The Labute approximate surface area is 87.8 Å². The quantitative estimate of drug-likeness (QED) is 0.702. The topological polar surface area (TPSA) is 26.3 Å². The number of fused-ring (bicyclic) bond motifs is 1. The van der Waals surface area contributed by atoms with Crippen LogP contribution in [0.3, 0.4) is 0 Å². The van der Waals surface area contributed by atoms with Gasteiger partial charge in [0.2, 0.25) is 0 Å². The SMILES string of the molecule is COc1c(Cl)cc(C=O)c2c1CCC2. The van der Waals surface area contributed by atoms with E-state index >= 15 is 0 Å². The minimum absolute atomic E-state index is 0.537. The fourth-order valence-corrected chi connectivity index (χ4v) is 2.38. The lowest BCUT2D eigenvalue weighted by Gasteiger charge is -2.10. The van der Waals surface area contributed by atoms with E-state index in [1.54, 1.807) is 13.2 Å². The van der Waals surface area contributed by atoms with Crippen LogP contribution in [0.15, 0.2) is 6.07 Å². The number of hydrogen-bond acceptors (Lipinski definition) is 2. The molecule has 1 aliphatic carbocycles. The van der Waals surface area contributed by atoms with Crippen molar-refractivity contribution in [2.45, 2.75) is 19.3 Å². The van der Waals surface area contributed by atoms with Crippen LogP contribution in [-0.4, -0.2) is 13.4 Å². The predicted octanol–water partition coefficient (Wildman–Crippen LogP) is 2.65. The number of benzene rings is 1. The fourth-order valence-electron chi connectivity index (χ4n) is 2.07. The molecule has 0 amide bonds. The third-order valence-electron chi connectivity index (χ3n) is 2.67. The Bertz CT molecular complexity index is 385. The van der Waals surface area contributed by atoms with Crippen LogP contribution in [0.5, 0.6) is 5.75 Å². The monoisotopic (exact) mass is 210 g/mol. The van der Waals surface area contributed by atoms with E-state index in [1.807, 2.05) is 0 Å². The zero-order chi connectivity index (χ0) is 10.1. The zero-order valence-corrected chi connectivity index (χ0v) is 8.73. The molecule has 1 aromatic rings. The summed E-state index contributed by atoms with van der Waals surface area (Å²) in [6.45, 7) is 0. The van der Waals surface area contributed by atoms with Gasteiger partial charge in [-0.3, -0.25) is 4.79 Å². The molecular formula is C11H11ClO2. The van der Waals surface area contributed by atoms with Crippen molar-refractivity contribution in [1.29, 1.82) is 0 Å². The summed E-state index contributed by atoms with van der Waals surface area (Å²) in [5, 5.41) is 0.537. The molecule has 2 rings (SSSR count). The number of carbonyl (C=O) groups excluding carboxylic acids is 1. The Hall–Kier alpha value is -1.02. The van der Waals surface area contributed by atoms with Gasteiger partial charge in [-0.15, -0.1) is 0 Å². The number of ether oxygens (including phenoxy) is 1. The van der Waals surface area contributed by atoms with Gasteiger partial charge in [-0.2, -0.15) is 0 Å². The highest BCUT2D eigenvalue weighted by Crippen LogP contribution is 2.38. The summed E-state index contributed by atoms with van der Waals surface area (Å²) in [7, 11) is 1.61. The minimum Gasteiger partial charge on any atom is -0.495 e. The van der Waals surface area contributed by atoms with Crippen molar-refractivity contribution >= 4 is 17.9 Å². The molecule has 14 heavy (non-hydrogen) atoms. The number of aldehydes is 1. The van der Waals surface area contributed by atoms with Gasteiger partial charge in [-0.1, -0.05) is 11.6 Å². The standard InChI is InChI=1S/C11H11ClO2/c1-14-11-9-4-2-3-8(9)7(6-13)5-10(11)12/h5-6H,2-4H2,1H3. The van der Waals surface area contributed by atoms with Gasteiger partial charge in [0.25, 0.3) is 0 Å². The highest BCUT2D eigenvalue weighted by atomic mass is 35.5. The first-order valence-corrected chi connectivity index (χ1v) is 4.99. The molecule has 0 N–H and O–H groups in total. The fraction of sp³-hybridized carbons (Fsp3) is 0.364. The van der Waals surface area contributed by atoms with E-state index in [-0.39, 0.29) is 0 Å². The van der Waals surface area contributed by atoms with Crippen molar-refractivity contribution in [3.63, 3.8) is 0 Å². The van der Waals surface area contributed by atoms with Gasteiger partial charge in [0, 0.05) is 5.56 Å². The smallest absolute Gasteiger partial charge is 0.150 e. The van der Waals surface area contributed by atoms with Crippen molar-refractivity contribution in [3.05, 3.63) is 27.8 Å². The third-order valence-corrected chi connectivity index (χ3v) is 2.95. The van der Waals surface area contributed by atoms with Crippen LogP contribution >= 0.6 is 11.6 Å². The van der Waals surface area contributed by atoms with Crippen LogP contribution in [0.25, 0.3) is 0 Å². The summed E-state index contributed by atoms with van der Waals surface area (Å²) in [6.07, 6.45) is 3.86. The van der Waals surface area contributed by atoms with Gasteiger partial charge >= 0.3 is 0 Å². The molecule has 0 bridgehead atoms. The number of carbonyl (C=O) groups is 1. The Morgan fingerprint density at radius 3 is 2.79 bits per heavy atom. The van der Waals surface area contributed by atoms with Gasteiger partial charge in [0.1, 0.15) is 12.0 Å². The summed E-state index contributed by atoms with van der Waals surface area (Å²) in [6, 6.07) is 1.69. The molecule has 0 unspecified atom stereocenters. The molecule has 0 spiro atoms. The van der Waals surface area contributed by atoms with Gasteiger partial charge < -0.3 is 4.74 Å². The van der Waals surface area contributed by atoms with E-state index in [1.165, 1.54) is 0 Å². The lowest BCUT2D eigenvalue weighted by atomic mass is 10.0. The summed E-state index contributed by atoms with van der Waals surface area (Å²) in [4.78, 5) is 10.8. The number of rotatable bonds is 2. The van der Waals surface area contributed by atoms with Gasteiger partial charge in [0.15, 0.2) is 0 Å². The molecule has 0 aliphatic heterocycles. The Kier molecular flexibility index (Phi) is 2.46. The van der Waals surface area contributed by atoms with Crippen LogP contribution < -0.4 is 4.74 Å². The number of methoxy groups -OCH3 is 1. The Balaban J connectivity index is 2.67. The second-order valence-electron chi connectivity index (χ2n) is 3.41. The van der Waals surface area contributed by atoms with Crippen LogP contribution in [0, 0.1) is 0 Å². The average Bonchev–Trinajstić information content (AvgIpc) is 2.65. The van der Waals surface area contributed by atoms with Crippen LogP contribution in [0.1, 0.15) is 27.9 Å². The molecule has 0 saturated heterocycles. The molecule has 0 radical (unpaired) electrons. The third kappa shape index (κ3) is 1.30. The zero-order valence-electron chi connectivity index (χ0n) is 7.97. The highest BCUT2D eigenvalue weighted by Gasteiger charge is 2.21. The lowest BCUT2D eigenvalue weighted by molar-refractivity contribution is 0.112. The van der Waals surface area contributed by atoms with E-state index in [0.29, 0.717) is 10.6 Å². The molecule has 1 aromatic carbocycles. The summed E-state index contributed by atoms with van der Waals surface area (Å²) in [5.74, 6) is 0.741. The molecule has 1 aliphatic rings. The molecule has 0 heterocycles. The lowest BCUT2D eigenvalue weighted by Crippen LogP contribution is -1.96. The van der Waals surface area contributed by atoms with E-state index in [0.717, 1.165) is 42.4 Å². The maximum Gasteiger partial charge on any atom is 0.150 e. The highest BCUT2D eigenvalue weighted by molar-refractivity contribution is 6.32. The Morgan fingerprint density at radius 2 is 2.14 bits per heavy atom. The largest absolute Gasteiger partial charge is 0.495 e. The molecule has 74 valence electrons. The van der Waals surface area contributed by atoms with Crippen molar-refractivity contribution in [2.24, 2.45) is 0 Å². The van der Waals surface area contributed by atoms with Gasteiger partial charge in [-0.25, -0.2) is 0 Å². The van der Waals surface area contributed by atoms with Crippen molar-refractivity contribution in [1.82, 2.24) is 0 Å². The summed E-state index contributed by atoms with van der Waals surface area (Å²) in [5.41, 5.74) is 2.94. The molecule has 2 nitrogen and oxygen atoms in total. The van der Waals surface area contributed by atoms with Crippen LogP contribution in [-0.2, 0) is 12.8 Å². The first-order chi connectivity index (χ1) is 6.77. The molecule has 0 fully saturated rings. The normalized spacial score (nSPS) is 13.9. The molecule has 0 atom stereocenters. The number of halogens is 1. The molecular weight excluding hydrogens is 200 g/mol. The summed E-state index contributed by atoms with van der Waals surface area (Å²) >= 11 is 6.01. The predicted molar refractivity (Wildman–Crippen MR) is 55.4 cm³/mol. The maximum atomic E-state index is 10.8. The average molecular weight is 211 g/mol. The molecule has 0 saturated carbocycles. The first kappa shape index (κ1) is 9.53. The molecule has 0 aromatic heterocycles. The van der Waals surface area contributed by atoms with Crippen molar-refractivity contribution < 1.29 is 9.53 Å². The number of hydrogen-bond donors (Lipinski definition) is 0. The molecule has 3 heteroatoms. The Morgan fingerprint density at radius 1 is 1.43 bits per heavy atom. The van der Waals surface area contributed by atoms with Crippen molar-refractivity contribution in [3.8, 4) is 5.75 Å². The second-order valence-corrected chi connectivity index (χ2v) is 3.82. The van der Waals surface area contributed by atoms with E-state index in [9.17, 15) is 4.79 Å². The van der Waals surface area contributed by atoms with E-state index < -0.39 is 0 Å². The van der Waals surface area contributed by atoms with Crippen molar-refractivity contribution in [2.75, 3.05) is 7.11 Å². The van der Waals surface area contributed by atoms with Crippen LogP contribution in [0.4, 0.5) is 0 Å².